The van der Waals surface area contributed by atoms with Crippen molar-refractivity contribution in [3.8, 4) is 17.2 Å². The number of hydrogen-bond donors (Lipinski definition) is 1. The first-order valence-corrected chi connectivity index (χ1v) is 9.02. The van der Waals surface area contributed by atoms with E-state index in [1.807, 2.05) is 6.07 Å². The Kier molecular flexibility index (Phi) is 6.33. The predicted molar refractivity (Wildman–Crippen MR) is 102 cm³/mol. The van der Waals surface area contributed by atoms with E-state index in [1.54, 1.807) is 36.4 Å². The van der Waals surface area contributed by atoms with Crippen LogP contribution in [0.3, 0.4) is 0 Å². The molecule has 0 spiro atoms. The number of carbonyl (C=O) groups is 3. The first-order valence-electron chi connectivity index (χ1n) is 9.02. The summed E-state index contributed by atoms with van der Waals surface area (Å²) in [5.74, 6) is 0.555. The highest BCUT2D eigenvalue weighted by molar-refractivity contribution is 5.94. The molecule has 1 aliphatic heterocycles. The number of nitrogens with one attached hydrogen (secondary N) is 1. The SMILES string of the molecule is CC(=O)c1ccc(OCC(=O)O[C@@H](C)C(=O)NCc2ccc3c(c2)OCO3)cc1. The van der Waals surface area contributed by atoms with Crippen LogP contribution in [0.5, 0.6) is 17.2 Å². The summed E-state index contributed by atoms with van der Waals surface area (Å²) in [5.41, 5.74) is 1.38. The third-order valence-corrected chi connectivity index (χ3v) is 4.20. The van der Waals surface area contributed by atoms with Gasteiger partial charge in [-0.2, -0.15) is 0 Å². The molecule has 1 heterocycles. The number of rotatable bonds is 8. The number of benzene rings is 2. The van der Waals surface area contributed by atoms with Gasteiger partial charge in [0.25, 0.3) is 5.91 Å². The second-order valence-corrected chi connectivity index (χ2v) is 6.41. The highest BCUT2D eigenvalue weighted by atomic mass is 16.7. The summed E-state index contributed by atoms with van der Waals surface area (Å²) in [6.45, 7) is 3.04. The molecule has 0 bridgehead atoms. The second kappa shape index (κ2) is 9.09. The molecule has 1 aliphatic rings. The summed E-state index contributed by atoms with van der Waals surface area (Å²) in [5, 5.41) is 2.70. The quantitative estimate of drug-likeness (QED) is 0.537. The lowest BCUT2D eigenvalue weighted by Crippen LogP contribution is -2.36. The molecule has 1 N–H and O–H groups in total. The van der Waals surface area contributed by atoms with Crippen LogP contribution in [-0.2, 0) is 20.9 Å². The minimum Gasteiger partial charge on any atom is -0.482 e. The van der Waals surface area contributed by atoms with E-state index in [-0.39, 0.29) is 25.7 Å². The van der Waals surface area contributed by atoms with E-state index < -0.39 is 18.0 Å². The average Bonchev–Trinajstić information content (AvgIpc) is 3.18. The molecule has 8 heteroatoms. The monoisotopic (exact) mass is 399 g/mol. The maximum absolute atomic E-state index is 12.1. The molecule has 3 rings (SSSR count). The van der Waals surface area contributed by atoms with Crippen molar-refractivity contribution in [1.82, 2.24) is 5.32 Å². The second-order valence-electron chi connectivity index (χ2n) is 6.41. The van der Waals surface area contributed by atoms with Crippen LogP contribution in [0.1, 0.15) is 29.8 Å². The van der Waals surface area contributed by atoms with Gasteiger partial charge in [-0.05, 0) is 55.8 Å². The fourth-order valence-corrected chi connectivity index (χ4v) is 2.60. The molecule has 0 saturated heterocycles. The van der Waals surface area contributed by atoms with Crippen molar-refractivity contribution in [1.29, 1.82) is 0 Å². The molecule has 0 fully saturated rings. The lowest BCUT2D eigenvalue weighted by molar-refractivity contribution is -0.156. The van der Waals surface area contributed by atoms with Crippen LogP contribution in [0.15, 0.2) is 42.5 Å². The molecule has 0 unspecified atom stereocenters. The molecule has 29 heavy (non-hydrogen) atoms. The van der Waals surface area contributed by atoms with E-state index >= 15 is 0 Å². The van der Waals surface area contributed by atoms with Gasteiger partial charge in [0.05, 0.1) is 0 Å². The summed E-state index contributed by atoms with van der Waals surface area (Å²) in [6, 6.07) is 11.8. The van der Waals surface area contributed by atoms with Crippen LogP contribution in [0, 0.1) is 0 Å². The van der Waals surface area contributed by atoms with Gasteiger partial charge >= 0.3 is 5.97 Å². The Morgan fingerprint density at radius 1 is 1.07 bits per heavy atom. The van der Waals surface area contributed by atoms with Gasteiger partial charge < -0.3 is 24.3 Å². The van der Waals surface area contributed by atoms with E-state index in [2.05, 4.69) is 5.32 Å². The molecule has 0 aromatic heterocycles. The van der Waals surface area contributed by atoms with Gasteiger partial charge in [-0.1, -0.05) is 6.07 Å². The van der Waals surface area contributed by atoms with Crippen molar-refractivity contribution in [2.45, 2.75) is 26.5 Å². The van der Waals surface area contributed by atoms with Crippen LogP contribution in [0.4, 0.5) is 0 Å². The fourth-order valence-electron chi connectivity index (χ4n) is 2.60. The molecule has 2 aromatic rings. The minimum absolute atomic E-state index is 0.0588. The van der Waals surface area contributed by atoms with E-state index in [4.69, 9.17) is 18.9 Å². The molecule has 1 atom stereocenters. The number of amides is 1. The predicted octanol–water partition coefficient (Wildman–Crippen LogP) is 2.24. The summed E-state index contributed by atoms with van der Waals surface area (Å²) in [6.07, 6.45) is -0.972. The Morgan fingerprint density at radius 2 is 1.79 bits per heavy atom. The third-order valence-electron chi connectivity index (χ3n) is 4.20. The maximum atomic E-state index is 12.1. The Balaban J connectivity index is 1.41. The standard InChI is InChI=1S/C21H21NO7/c1-13(23)16-4-6-17(7-5-16)26-11-20(24)29-14(2)21(25)22-10-15-3-8-18-19(9-15)28-12-27-18/h3-9,14H,10-12H2,1-2H3,(H,22,25)/t14-/m0/s1. The van der Waals surface area contributed by atoms with Crippen LogP contribution in [-0.4, -0.2) is 37.2 Å². The summed E-state index contributed by atoms with van der Waals surface area (Å²) < 4.78 is 20.9. The number of hydrogen-bond acceptors (Lipinski definition) is 7. The van der Waals surface area contributed by atoms with Crippen molar-refractivity contribution in [2.24, 2.45) is 0 Å². The normalized spacial score (nSPS) is 12.8. The Labute approximate surface area is 167 Å². The Morgan fingerprint density at radius 3 is 2.52 bits per heavy atom. The zero-order valence-corrected chi connectivity index (χ0v) is 16.1. The number of ketones is 1. The van der Waals surface area contributed by atoms with Crippen LogP contribution in [0.25, 0.3) is 0 Å². The molecule has 0 aliphatic carbocycles. The van der Waals surface area contributed by atoms with Crippen molar-refractivity contribution in [3.05, 3.63) is 53.6 Å². The smallest absolute Gasteiger partial charge is 0.344 e. The van der Waals surface area contributed by atoms with E-state index in [9.17, 15) is 14.4 Å². The van der Waals surface area contributed by atoms with Gasteiger partial charge in [-0.3, -0.25) is 9.59 Å². The van der Waals surface area contributed by atoms with Crippen molar-refractivity contribution in [2.75, 3.05) is 13.4 Å². The number of esters is 1. The molecular weight excluding hydrogens is 378 g/mol. The largest absolute Gasteiger partial charge is 0.482 e. The first kappa shape index (κ1) is 20.2. The van der Waals surface area contributed by atoms with Gasteiger partial charge in [-0.15, -0.1) is 0 Å². The number of Topliss-reactive ketones (excluding diaryl/α,β-unsaturated/α-hetero) is 1. The Hall–Kier alpha value is -3.55. The van der Waals surface area contributed by atoms with Crippen molar-refractivity contribution in [3.63, 3.8) is 0 Å². The lowest BCUT2D eigenvalue weighted by atomic mass is 10.1. The van der Waals surface area contributed by atoms with Crippen LogP contribution in [0.2, 0.25) is 0 Å². The molecule has 8 nitrogen and oxygen atoms in total. The number of carbonyl (C=O) groups excluding carboxylic acids is 3. The first-order chi connectivity index (χ1) is 13.9. The van der Waals surface area contributed by atoms with E-state index in [1.165, 1.54) is 13.8 Å². The van der Waals surface area contributed by atoms with Gasteiger partial charge in [0.15, 0.2) is 30.0 Å². The summed E-state index contributed by atoms with van der Waals surface area (Å²) in [4.78, 5) is 35.3. The van der Waals surface area contributed by atoms with Crippen LogP contribution >= 0.6 is 0 Å². The third kappa shape index (κ3) is 5.47. The molecule has 0 saturated carbocycles. The zero-order chi connectivity index (χ0) is 20.8. The molecule has 0 radical (unpaired) electrons. The number of ether oxygens (including phenoxy) is 4. The van der Waals surface area contributed by atoms with Gasteiger partial charge in [0.2, 0.25) is 6.79 Å². The lowest BCUT2D eigenvalue weighted by Gasteiger charge is -2.14. The zero-order valence-electron chi connectivity index (χ0n) is 16.1. The van der Waals surface area contributed by atoms with Gasteiger partial charge in [0.1, 0.15) is 5.75 Å². The maximum Gasteiger partial charge on any atom is 0.344 e. The van der Waals surface area contributed by atoms with Crippen molar-refractivity contribution < 1.29 is 33.3 Å². The molecular formula is C21H21NO7. The molecule has 2 aromatic carbocycles. The summed E-state index contributed by atoms with van der Waals surface area (Å²) in [7, 11) is 0. The van der Waals surface area contributed by atoms with Crippen molar-refractivity contribution >= 4 is 17.7 Å². The van der Waals surface area contributed by atoms with Gasteiger partial charge in [-0.25, -0.2) is 4.79 Å². The topological polar surface area (TPSA) is 100 Å². The highest BCUT2D eigenvalue weighted by Crippen LogP contribution is 2.32. The number of fused-ring (bicyclic) bond motifs is 1. The minimum atomic E-state index is -0.972. The molecule has 152 valence electrons. The fraction of sp³-hybridized carbons (Fsp3) is 0.286. The van der Waals surface area contributed by atoms with Gasteiger partial charge in [0, 0.05) is 12.1 Å². The van der Waals surface area contributed by atoms with Crippen LogP contribution < -0.4 is 19.5 Å². The Bertz CT molecular complexity index is 908. The average molecular weight is 399 g/mol. The molecule has 1 amide bonds. The summed E-state index contributed by atoms with van der Waals surface area (Å²) >= 11 is 0. The van der Waals surface area contributed by atoms with E-state index in [0.717, 1.165) is 5.56 Å². The highest BCUT2D eigenvalue weighted by Gasteiger charge is 2.19. The van der Waals surface area contributed by atoms with E-state index in [0.29, 0.717) is 22.8 Å².